The summed E-state index contributed by atoms with van der Waals surface area (Å²) in [6, 6.07) is 7.55. The molecule has 0 fully saturated rings. The Balaban J connectivity index is 1.63. The molecule has 1 unspecified atom stereocenters. The molecule has 0 saturated heterocycles. The Morgan fingerprint density at radius 3 is 2.81 bits per heavy atom. The first-order chi connectivity index (χ1) is 12.6. The third-order valence-electron chi connectivity index (χ3n) is 3.22. The van der Waals surface area contributed by atoms with Crippen molar-refractivity contribution in [2.75, 3.05) is 0 Å². The van der Waals surface area contributed by atoms with E-state index in [4.69, 9.17) is 4.74 Å². The highest BCUT2D eigenvalue weighted by molar-refractivity contribution is 9.20. The van der Waals surface area contributed by atoms with Gasteiger partial charge in [-0.25, -0.2) is 14.4 Å². The Bertz CT molecular complexity index is 1020. The molecule has 1 aliphatic heterocycles. The fourth-order valence-corrected chi connectivity index (χ4v) is 2.70. The number of tetrazole rings is 1. The fraction of sp³-hybridized carbons (Fsp3) is 0.0667. The number of aromatic nitrogens is 5. The van der Waals surface area contributed by atoms with E-state index >= 15 is 0 Å². The van der Waals surface area contributed by atoms with E-state index in [1.807, 2.05) is 0 Å². The maximum absolute atomic E-state index is 14.0. The number of hydrogen-bond acceptors (Lipinski definition) is 7. The summed E-state index contributed by atoms with van der Waals surface area (Å²) >= 11 is 6.60. The zero-order valence-corrected chi connectivity index (χ0v) is 16.0. The normalized spacial score (nSPS) is 16.3. The van der Waals surface area contributed by atoms with Crippen molar-refractivity contribution in [2.24, 2.45) is 9.98 Å². The van der Waals surface area contributed by atoms with Gasteiger partial charge < -0.3 is 4.74 Å². The quantitative estimate of drug-likeness (QED) is 0.422. The zero-order valence-electron chi connectivity index (χ0n) is 12.8. The van der Waals surface area contributed by atoms with Crippen molar-refractivity contribution in [1.82, 2.24) is 25.2 Å². The van der Waals surface area contributed by atoms with Crippen LogP contribution in [0.25, 0.3) is 5.69 Å². The maximum atomic E-state index is 14.0. The molecule has 0 N–H and O–H groups in total. The van der Waals surface area contributed by atoms with Gasteiger partial charge in [-0.15, -0.1) is 15.0 Å². The molecule has 3 aromatic rings. The Morgan fingerprint density at radius 1 is 1.19 bits per heavy atom. The molecule has 2 aromatic heterocycles. The number of hydrogen-bond donors (Lipinski definition) is 0. The van der Waals surface area contributed by atoms with Crippen LogP contribution in [-0.4, -0.2) is 40.6 Å². The Kier molecular flexibility index (Phi) is 4.55. The molecule has 1 aliphatic rings. The first-order valence-electron chi connectivity index (χ1n) is 7.24. The lowest BCUT2D eigenvalue weighted by atomic mass is 10.3. The molecule has 4 rings (SSSR count). The topological polar surface area (TPSA) is 90.4 Å². The molecule has 11 heteroatoms. The molecule has 0 saturated carbocycles. The number of alkyl halides is 1. The molecule has 1 atom stereocenters. The van der Waals surface area contributed by atoms with Gasteiger partial charge in [0.2, 0.25) is 5.82 Å². The number of pyridine rings is 1. The molecule has 0 amide bonds. The highest BCUT2D eigenvalue weighted by Gasteiger charge is 2.22. The van der Waals surface area contributed by atoms with Gasteiger partial charge in [-0.05, 0) is 33.3 Å². The Hall–Kier alpha value is -2.53. The summed E-state index contributed by atoms with van der Waals surface area (Å²) in [6.07, 6.45) is 3.15. The minimum Gasteiger partial charge on any atom is -0.456 e. The largest absolute Gasteiger partial charge is 0.456 e. The lowest BCUT2D eigenvalue weighted by molar-refractivity contribution is 0.473. The van der Waals surface area contributed by atoms with Crippen molar-refractivity contribution in [1.29, 1.82) is 0 Å². The third kappa shape index (κ3) is 3.53. The van der Waals surface area contributed by atoms with E-state index in [9.17, 15) is 4.39 Å². The van der Waals surface area contributed by atoms with E-state index in [1.165, 1.54) is 23.1 Å². The summed E-state index contributed by atoms with van der Waals surface area (Å²) in [5, 5.41) is 12.0. The lowest BCUT2D eigenvalue weighted by Gasteiger charge is -2.07. The minimum absolute atomic E-state index is 0.225. The van der Waals surface area contributed by atoms with Crippen LogP contribution in [0.1, 0.15) is 5.82 Å². The standard InChI is InChI=1S/C15H8Br2FN7O/c16-12-13(17)21-14(20-12)15-22-24-25(23-15)9-4-8(18)5-11(6-9)26-10-2-1-3-19-7-10/h1-7,12H. The maximum Gasteiger partial charge on any atom is 0.242 e. The van der Waals surface area contributed by atoms with Gasteiger partial charge in [0.1, 0.15) is 21.9 Å². The second-order valence-corrected chi connectivity index (χ2v) is 6.74. The second-order valence-electron chi connectivity index (χ2n) is 5.06. The van der Waals surface area contributed by atoms with Crippen LogP contribution in [0.4, 0.5) is 4.39 Å². The van der Waals surface area contributed by atoms with Gasteiger partial charge in [0.25, 0.3) is 0 Å². The van der Waals surface area contributed by atoms with Crippen molar-refractivity contribution in [2.45, 2.75) is 4.95 Å². The SMILES string of the molecule is Fc1cc(Oc2cccnc2)cc(-n2nnc(C3=NC(Br)C(Br)=N3)n2)c1. The first-order valence-corrected chi connectivity index (χ1v) is 8.94. The molecule has 0 radical (unpaired) electrons. The van der Waals surface area contributed by atoms with Gasteiger partial charge in [0.05, 0.1) is 11.9 Å². The smallest absolute Gasteiger partial charge is 0.242 e. The molecular formula is C15H8Br2FN7O. The monoisotopic (exact) mass is 479 g/mol. The van der Waals surface area contributed by atoms with E-state index in [-0.39, 0.29) is 16.5 Å². The number of benzene rings is 1. The summed E-state index contributed by atoms with van der Waals surface area (Å²) in [5.41, 5.74) is 0.347. The highest BCUT2D eigenvalue weighted by Crippen LogP contribution is 2.24. The van der Waals surface area contributed by atoms with Gasteiger partial charge in [-0.3, -0.25) is 4.98 Å². The number of rotatable bonds is 4. The van der Waals surface area contributed by atoms with E-state index in [2.05, 4.69) is 62.2 Å². The average molecular weight is 481 g/mol. The molecule has 3 heterocycles. The van der Waals surface area contributed by atoms with Crippen LogP contribution in [0.3, 0.4) is 0 Å². The fourth-order valence-electron chi connectivity index (χ4n) is 2.13. The van der Waals surface area contributed by atoms with Crippen LogP contribution in [-0.2, 0) is 0 Å². The molecule has 0 spiro atoms. The predicted octanol–water partition coefficient (Wildman–Crippen LogP) is 3.26. The van der Waals surface area contributed by atoms with Crippen LogP contribution < -0.4 is 4.74 Å². The number of nitrogens with zero attached hydrogens (tertiary/aromatic N) is 7. The summed E-state index contributed by atoms with van der Waals surface area (Å²) in [7, 11) is 0. The molecule has 0 aliphatic carbocycles. The van der Waals surface area contributed by atoms with E-state index in [1.54, 1.807) is 24.4 Å². The van der Waals surface area contributed by atoms with Crippen molar-refractivity contribution < 1.29 is 9.13 Å². The Labute approximate surface area is 163 Å². The minimum atomic E-state index is -0.500. The van der Waals surface area contributed by atoms with E-state index in [0.29, 0.717) is 21.9 Å². The number of amidine groups is 1. The van der Waals surface area contributed by atoms with Crippen molar-refractivity contribution in [3.63, 3.8) is 0 Å². The zero-order chi connectivity index (χ0) is 18.1. The first kappa shape index (κ1) is 16.9. The van der Waals surface area contributed by atoms with Gasteiger partial charge >= 0.3 is 0 Å². The van der Waals surface area contributed by atoms with Gasteiger partial charge in [0, 0.05) is 24.4 Å². The summed E-state index contributed by atoms with van der Waals surface area (Å²) in [6.45, 7) is 0. The molecule has 1 aromatic carbocycles. The van der Waals surface area contributed by atoms with Crippen LogP contribution in [0.2, 0.25) is 0 Å². The third-order valence-corrected chi connectivity index (χ3v) is 5.08. The van der Waals surface area contributed by atoms with Crippen molar-refractivity contribution in [3.8, 4) is 17.2 Å². The summed E-state index contributed by atoms with van der Waals surface area (Å²) in [4.78, 5) is 13.3. The molecule has 0 bridgehead atoms. The second kappa shape index (κ2) is 7.00. The summed E-state index contributed by atoms with van der Waals surface area (Å²) in [5.74, 6) is 0.821. The number of halogens is 3. The summed E-state index contributed by atoms with van der Waals surface area (Å²) < 4.78 is 20.2. The molecule has 8 nitrogen and oxygen atoms in total. The van der Waals surface area contributed by atoms with Gasteiger partial charge in [-0.1, -0.05) is 15.9 Å². The average Bonchev–Trinajstić information content (AvgIpc) is 3.23. The van der Waals surface area contributed by atoms with E-state index in [0.717, 1.165) is 0 Å². The highest BCUT2D eigenvalue weighted by atomic mass is 79.9. The number of ether oxygens (including phenoxy) is 1. The van der Waals surface area contributed by atoms with Crippen LogP contribution in [0.5, 0.6) is 11.5 Å². The van der Waals surface area contributed by atoms with Crippen molar-refractivity contribution in [3.05, 3.63) is 54.4 Å². The van der Waals surface area contributed by atoms with Gasteiger partial charge in [0.15, 0.2) is 10.8 Å². The van der Waals surface area contributed by atoms with Crippen LogP contribution >= 0.6 is 31.9 Å². The van der Waals surface area contributed by atoms with E-state index < -0.39 is 5.82 Å². The predicted molar refractivity (Wildman–Crippen MR) is 99.0 cm³/mol. The number of aliphatic imine (C=N–C) groups is 2. The Morgan fingerprint density at radius 2 is 2.08 bits per heavy atom. The molecular weight excluding hydrogens is 473 g/mol. The van der Waals surface area contributed by atoms with Crippen LogP contribution in [0.15, 0.2) is 52.7 Å². The van der Waals surface area contributed by atoms with Crippen molar-refractivity contribution >= 4 is 42.3 Å². The molecule has 130 valence electrons. The van der Waals surface area contributed by atoms with Crippen LogP contribution in [0, 0.1) is 5.82 Å². The van der Waals surface area contributed by atoms with Gasteiger partial charge in [-0.2, -0.15) is 0 Å². The lowest BCUT2D eigenvalue weighted by Crippen LogP contribution is -2.02. The molecule has 26 heavy (non-hydrogen) atoms.